The SMILES string of the molecule is Cc1cc(C)n(-c2c(N)cccc2C(N)=O)n1. The molecule has 0 spiro atoms. The number of hydrogen-bond donors (Lipinski definition) is 2. The number of aromatic nitrogens is 2. The second-order valence-corrected chi connectivity index (χ2v) is 3.95. The Balaban J connectivity index is 2.74. The van der Waals surface area contributed by atoms with Gasteiger partial charge in [0.15, 0.2) is 0 Å². The van der Waals surface area contributed by atoms with Gasteiger partial charge in [-0.3, -0.25) is 4.79 Å². The van der Waals surface area contributed by atoms with Crippen LogP contribution in [0.15, 0.2) is 24.3 Å². The molecule has 0 saturated carbocycles. The minimum absolute atomic E-state index is 0.371. The van der Waals surface area contributed by atoms with E-state index in [1.807, 2.05) is 19.9 Å². The zero-order valence-electron chi connectivity index (χ0n) is 9.77. The topological polar surface area (TPSA) is 86.9 Å². The zero-order valence-corrected chi connectivity index (χ0v) is 9.77. The Kier molecular flexibility index (Phi) is 2.59. The Bertz CT molecular complexity index is 586. The van der Waals surface area contributed by atoms with Crippen LogP contribution < -0.4 is 11.5 Å². The summed E-state index contributed by atoms with van der Waals surface area (Å²) in [6.45, 7) is 3.78. The van der Waals surface area contributed by atoms with Crippen LogP contribution in [0.2, 0.25) is 0 Å². The number of primary amides is 1. The molecule has 0 bridgehead atoms. The van der Waals surface area contributed by atoms with Crippen LogP contribution in [0.25, 0.3) is 5.69 Å². The molecule has 1 heterocycles. The molecule has 1 aromatic heterocycles. The van der Waals surface area contributed by atoms with Crippen LogP contribution in [0.4, 0.5) is 5.69 Å². The van der Waals surface area contributed by atoms with Crippen molar-refractivity contribution in [2.24, 2.45) is 5.73 Å². The normalized spacial score (nSPS) is 10.5. The van der Waals surface area contributed by atoms with Gasteiger partial charge in [-0.15, -0.1) is 0 Å². The van der Waals surface area contributed by atoms with Crippen molar-refractivity contribution in [3.63, 3.8) is 0 Å². The molecule has 5 nitrogen and oxygen atoms in total. The smallest absolute Gasteiger partial charge is 0.250 e. The summed E-state index contributed by atoms with van der Waals surface area (Å²) in [6, 6.07) is 6.98. The van der Waals surface area contributed by atoms with Crippen molar-refractivity contribution in [2.45, 2.75) is 13.8 Å². The Hall–Kier alpha value is -2.30. The molecule has 0 saturated heterocycles. The predicted octanol–water partition coefficient (Wildman–Crippen LogP) is 1.17. The van der Waals surface area contributed by atoms with Crippen LogP contribution in [0.1, 0.15) is 21.7 Å². The van der Waals surface area contributed by atoms with Crippen LogP contribution in [0.3, 0.4) is 0 Å². The number of para-hydroxylation sites is 1. The number of hydrogen-bond acceptors (Lipinski definition) is 3. The third kappa shape index (κ3) is 1.87. The lowest BCUT2D eigenvalue weighted by Gasteiger charge is -2.11. The van der Waals surface area contributed by atoms with Crippen LogP contribution in [-0.4, -0.2) is 15.7 Å². The zero-order chi connectivity index (χ0) is 12.6. The molecule has 1 aromatic carbocycles. The molecule has 0 radical (unpaired) electrons. The minimum Gasteiger partial charge on any atom is -0.397 e. The lowest BCUT2D eigenvalue weighted by atomic mass is 10.1. The molecule has 4 N–H and O–H groups in total. The summed E-state index contributed by atoms with van der Waals surface area (Å²) in [7, 11) is 0. The standard InChI is InChI=1S/C12H14N4O/c1-7-6-8(2)16(15-7)11-9(12(14)17)4-3-5-10(11)13/h3-6H,13H2,1-2H3,(H2,14,17). The first-order chi connectivity index (χ1) is 8.00. The quantitative estimate of drug-likeness (QED) is 0.759. The highest BCUT2D eigenvalue weighted by molar-refractivity contribution is 5.98. The molecular weight excluding hydrogens is 216 g/mol. The Morgan fingerprint density at radius 1 is 1.35 bits per heavy atom. The summed E-state index contributed by atoms with van der Waals surface area (Å²) in [4.78, 5) is 11.4. The summed E-state index contributed by atoms with van der Waals surface area (Å²) in [5.74, 6) is -0.514. The molecule has 0 aliphatic rings. The van der Waals surface area contributed by atoms with Crippen molar-refractivity contribution in [1.29, 1.82) is 0 Å². The van der Waals surface area contributed by atoms with Crippen molar-refractivity contribution in [2.75, 3.05) is 5.73 Å². The first-order valence-corrected chi connectivity index (χ1v) is 5.22. The van der Waals surface area contributed by atoms with Crippen LogP contribution in [0, 0.1) is 13.8 Å². The number of rotatable bonds is 2. The van der Waals surface area contributed by atoms with Gasteiger partial charge < -0.3 is 11.5 Å². The third-order valence-electron chi connectivity index (χ3n) is 2.55. The number of benzene rings is 1. The highest BCUT2D eigenvalue weighted by Crippen LogP contribution is 2.23. The van der Waals surface area contributed by atoms with E-state index in [1.165, 1.54) is 0 Å². The Labute approximate surface area is 99.0 Å². The molecule has 0 unspecified atom stereocenters. The highest BCUT2D eigenvalue weighted by atomic mass is 16.1. The molecule has 88 valence electrons. The number of anilines is 1. The fourth-order valence-electron chi connectivity index (χ4n) is 1.85. The molecular formula is C12H14N4O. The second kappa shape index (κ2) is 3.93. The summed E-state index contributed by atoms with van der Waals surface area (Å²) in [6.07, 6.45) is 0. The molecule has 0 fully saturated rings. The largest absolute Gasteiger partial charge is 0.397 e. The third-order valence-corrected chi connectivity index (χ3v) is 2.55. The van der Waals surface area contributed by atoms with Crippen molar-refractivity contribution < 1.29 is 4.79 Å². The average molecular weight is 230 g/mol. The molecule has 2 rings (SSSR count). The maximum atomic E-state index is 11.4. The van der Waals surface area contributed by atoms with E-state index in [0.29, 0.717) is 16.9 Å². The van der Waals surface area contributed by atoms with Crippen molar-refractivity contribution in [1.82, 2.24) is 9.78 Å². The Morgan fingerprint density at radius 3 is 2.59 bits per heavy atom. The number of carbonyl (C=O) groups is 1. The van der Waals surface area contributed by atoms with E-state index in [9.17, 15) is 4.79 Å². The summed E-state index contributed by atoms with van der Waals surface area (Å²) < 4.78 is 1.64. The summed E-state index contributed by atoms with van der Waals surface area (Å²) in [5, 5.41) is 4.31. The molecule has 0 aliphatic heterocycles. The maximum Gasteiger partial charge on any atom is 0.250 e. The number of amides is 1. The highest BCUT2D eigenvalue weighted by Gasteiger charge is 2.15. The van der Waals surface area contributed by atoms with E-state index in [1.54, 1.807) is 22.9 Å². The molecule has 1 amide bonds. The lowest BCUT2D eigenvalue weighted by molar-refractivity contribution is 0.1000. The molecule has 5 heteroatoms. The van der Waals surface area contributed by atoms with Crippen LogP contribution in [0.5, 0.6) is 0 Å². The second-order valence-electron chi connectivity index (χ2n) is 3.95. The van der Waals surface area contributed by atoms with E-state index in [0.717, 1.165) is 11.4 Å². The number of aryl methyl sites for hydroxylation is 2. The molecule has 0 aliphatic carbocycles. The first kappa shape index (κ1) is 11.2. The van der Waals surface area contributed by atoms with Crippen molar-refractivity contribution in [3.8, 4) is 5.69 Å². The van der Waals surface area contributed by atoms with E-state index in [-0.39, 0.29) is 0 Å². The van der Waals surface area contributed by atoms with E-state index in [4.69, 9.17) is 11.5 Å². The van der Waals surface area contributed by atoms with Gasteiger partial charge in [0.05, 0.1) is 16.9 Å². The molecule has 0 atom stereocenters. The fourth-order valence-corrected chi connectivity index (χ4v) is 1.85. The predicted molar refractivity (Wildman–Crippen MR) is 66.0 cm³/mol. The fraction of sp³-hybridized carbons (Fsp3) is 0.167. The summed E-state index contributed by atoms with van der Waals surface area (Å²) >= 11 is 0. The van der Waals surface area contributed by atoms with Crippen LogP contribution >= 0.6 is 0 Å². The van der Waals surface area contributed by atoms with Gasteiger partial charge in [-0.25, -0.2) is 4.68 Å². The van der Waals surface area contributed by atoms with E-state index >= 15 is 0 Å². The monoisotopic (exact) mass is 230 g/mol. The molecule has 17 heavy (non-hydrogen) atoms. The minimum atomic E-state index is -0.514. The molecule has 2 aromatic rings. The van der Waals surface area contributed by atoms with Gasteiger partial charge in [-0.05, 0) is 32.0 Å². The Morgan fingerprint density at radius 2 is 2.06 bits per heavy atom. The number of nitrogens with zero attached hydrogens (tertiary/aromatic N) is 2. The van der Waals surface area contributed by atoms with Gasteiger partial charge in [0, 0.05) is 5.69 Å². The van der Waals surface area contributed by atoms with Gasteiger partial charge in [-0.1, -0.05) is 6.07 Å². The van der Waals surface area contributed by atoms with Crippen molar-refractivity contribution >= 4 is 11.6 Å². The van der Waals surface area contributed by atoms with Crippen LogP contribution in [-0.2, 0) is 0 Å². The maximum absolute atomic E-state index is 11.4. The number of carbonyl (C=O) groups excluding carboxylic acids is 1. The number of nitrogen functional groups attached to an aromatic ring is 1. The van der Waals surface area contributed by atoms with Gasteiger partial charge >= 0.3 is 0 Å². The van der Waals surface area contributed by atoms with Gasteiger partial charge in [0.25, 0.3) is 5.91 Å². The van der Waals surface area contributed by atoms with E-state index < -0.39 is 5.91 Å². The lowest BCUT2D eigenvalue weighted by Crippen LogP contribution is -2.17. The van der Waals surface area contributed by atoms with E-state index in [2.05, 4.69) is 5.10 Å². The number of nitrogens with two attached hydrogens (primary N) is 2. The average Bonchev–Trinajstić information content (AvgIpc) is 2.57. The first-order valence-electron chi connectivity index (χ1n) is 5.22. The van der Waals surface area contributed by atoms with Gasteiger partial charge in [0.1, 0.15) is 5.69 Å². The van der Waals surface area contributed by atoms with Crippen molar-refractivity contribution in [3.05, 3.63) is 41.2 Å². The van der Waals surface area contributed by atoms with Gasteiger partial charge in [-0.2, -0.15) is 5.10 Å². The van der Waals surface area contributed by atoms with Gasteiger partial charge in [0.2, 0.25) is 0 Å². The summed E-state index contributed by atoms with van der Waals surface area (Å²) in [5.41, 5.74) is 14.4.